The predicted molar refractivity (Wildman–Crippen MR) is 72.5 cm³/mol. The van der Waals surface area contributed by atoms with E-state index < -0.39 is 0 Å². The molecule has 0 spiro atoms. The fourth-order valence-electron chi connectivity index (χ4n) is 3.55. The molecule has 1 rings (SSSR count). The first-order chi connectivity index (χ1) is 7.59. The molecule has 0 aliphatic heterocycles. The van der Waals surface area contributed by atoms with Crippen molar-refractivity contribution in [2.75, 3.05) is 13.1 Å². The molecule has 1 N–H and O–H groups in total. The molecule has 1 aliphatic rings. The Kier molecular flexibility index (Phi) is 5.82. The Balaban J connectivity index is 2.26. The first kappa shape index (κ1) is 14.0. The largest absolute Gasteiger partial charge is 0.317 e. The van der Waals surface area contributed by atoms with Gasteiger partial charge in [-0.05, 0) is 55.5 Å². The standard InChI is InChI=1S/C15H31N/c1-6-16-10-8-7-9-15-13(4)11(2)12(3)14(15)5/h11-16H,6-10H2,1-5H3. The Bertz CT molecular complexity index is 176. The van der Waals surface area contributed by atoms with E-state index in [0.717, 1.165) is 36.1 Å². The zero-order valence-electron chi connectivity index (χ0n) is 11.9. The van der Waals surface area contributed by atoms with Gasteiger partial charge < -0.3 is 5.32 Å². The number of rotatable bonds is 6. The highest BCUT2D eigenvalue weighted by molar-refractivity contribution is 4.89. The molecule has 1 nitrogen and oxygen atoms in total. The van der Waals surface area contributed by atoms with Gasteiger partial charge >= 0.3 is 0 Å². The van der Waals surface area contributed by atoms with Gasteiger partial charge in [-0.15, -0.1) is 0 Å². The molecule has 1 saturated carbocycles. The molecular weight excluding hydrogens is 194 g/mol. The molecule has 4 unspecified atom stereocenters. The molecule has 0 bridgehead atoms. The third-order valence-corrected chi connectivity index (χ3v) is 5.23. The molecule has 1 heteroatoms. The average Bonchev–Trinajstić information content (AvgIpc) is 2.46. The van der Waals surface area contributed by atoms with Crippen LogP contribution in [0.2, 0.25) is 0 Å². The van der Waals surface area contributed by atoms with Crippen molar-refractivity contribution in [1.29, 1.82) is 0 Å². The SMILES string of the molecule is CCNCCCCC1C(C)C(C)C(C)C1C. The second-order valence-electron chi connectivity index (χ2n) is 5.95. The van der Waals surface area contributed by atoms with Gasteiger partial charge in [-0.2, -0.15) is 0 Å². The van der Waals surface area contributed by atoms with Crippen LogP contribution in [0.15, 0.2) is 0 Å². The number of hydrogen-bond acceptors (Lipinski definition) is 1. The molecule has 96 valence electrons. The van der Waals surface area contributed by atoms with Crippen LogP contribution in [0.3, 0.4) is 0 Å². The predicted octanol–water partition coefficient (Wildman–Crippen LogP) is 3.94. The van der Waals surface area contributed by atoms with Gasteiger partial charge in [-0.25, -0.2) is 0 Å². The second kappa shape index (κ2) is 6.64. The quantitative estimate of drug-likeness (QED) is 0.675. The van der Waals surface area contributed by atoms with Gasteiger partial charge in [-0.3, -0.25) is 0 Å². The molecule has 16 heavy (non-hydrogen) atoms. The zero-order chi connectivity index (χ0) is 12.1. The van der Waals surface area contributed by atoms with Crippen molar-refractivity contribution >= 4 is 0 Å². The summed E-state index contributed by atoms with van der Waals surface area (Å²) in [6.45, 7) is 14.3. The smallest absolute Gasteiger partial charge is 0.00490 e. The van der Waals surface area contributed by atoms with E-state index in [1.54, 1.807) is 0 Å². The fraction of sp³-hybridized carbons (Fsp3) is 1.00. The first-order valence-corrected chi connectivity index (χ1v) is 7.30. The van der Waals surface area contributed by atoms with Crippen LogP contribution >= 0.6 is 0 Å². The van der Waals surface area contributed by atoms with Crippen LogP contribution in [0.25, 0.3) is 0 Å². The molecule has 4 atom stereocenters. The highest BCUT2D eigenvalue weighted by Gasteiger charge is 2.40. The van der Waals surface area contributed by atoms with E-state index >= 15 is 0 Å². The Hall–Kier alpha value is -0.0400. The molecular formula is C15H31N. The van der Waals surface area contributed by atoms with Gasteiger partial charge in [0.1, 0.15) is 0 Å². The molecule has 0 amide bonds. The number of unbranched alkanes of at least 4 members (excludes halogenated alkanes) is 1. The van der Waals surface area contributed by atoms with Gasteiger partial charge in [-0.1, -0.05) is 41.0 Å². The maximum Gasteiger partial charge on any atom is -0.00490 e. The lowest BCUT2D eigenvalue weighted by molar-refractivity contribution is 0.291. The molecule has 1 aliphatic carbocycles. The Morgan fingerprint density at radius 3 is 1.88 bits per heavy atom. The normalized spacial score (nSPS) is 39.2. The van der Waals surface area contributed by atoms with Crippen LogP contribution in [0.1, 0.15) is 53.9 Å². The second-order valence-corrected chi connectivity index (χ2v) is 5.95. The number of hydrogen-bond donors (Lipinski definition) is 1. The topological polar surface area (TPSA) is 12.0 Å². The van der Waals surface area contributed by atoms with E-state index in [-0.39, 0.29) is 0 Å². The lowest BCUT2D eigenvalue weighted by Crippen LogP contribution is -2.16. The summed E-state index contributed by atoms with van der Waals surface area (Å²) < 4.78 is 0. The maximum absolute atomic E-state index is 3.41. The average molecular weight is 225 g/mol. The van der Waals surface area contributed by atoms with Crippen LogP contribution in [-0.2, 0) is 0 Å². The van der Waals surface area contributed by atoms with Crippen molar-refractivity contribution in [1.82, 2.24) is 5.32 Å². The van der Waals surface area contributed by atoms with E-state index in [2.05, 4.69) is 39.9 Å². The molecule has 1 fully saturated rings. The minimum atomic E-state index is 0.925. The van der Waals surface area contributed by atoms with Crippen LogP contribution in [-0.4, -0.2) is 13.1 Å². The molecule has 0 aromatic rings. The Morgan fingerprint density at radius 1 is 0.812 bits per heavy atom. The lowest BCUT2D eigenvalue weighted by Gasteiger charge is -2.21. The Morgan fingerprint density at radius 2 is 1.38 bits per heavy atom. The number of nitrogens with one attached hydrogen (secondary N) is 1. The first-order valence-electron chi connectivity index (χ1n) is 7.30. The van der Waals surface area contributed by atoms with E-state index in [1.165, 1.54) is 25.8 Å². The summed E-state index contributed by atoms with van der Waals surface area (Å²) in [7, 11) is 0. The third kappa shape index (κ3) is 3.23. The fourth-order valence-corrected chi connectivity index (χ4v) is 3.55. The summed E-state index contributed by atoms with van der Waals surface area (Å²) in [6, 6.07) is 0. The van der Waals surface area contributed by atoms with Crippen molar-refractivity contribution in [2.24, 2.45) is 29.6 Å². The van der Waals surface area contributed by atoms with Gasteiger partial charge in [0, 0.05) is 0 Å². The molecule has 0 saturated heterocycles. The third-order valence-electron chi connectivity index (χ3n) is 5.23. The van der Waals surface area contributed by atoms with E-state index in [0.29, 0.717) is 0 Å². The highest BCUT2D eigenvalue weighted by Crippen LogP contribution is 2.47. The van der Waals surface area contributed by atoms with Crippen molar-refractivity contribution in [3.8, 4) is 0 Å². The summed E-state index contributed by atoms with van der Waals surface area (Å²) in [5.41, 5.74) is 0. The monoisotopic (exact) mass is 225 g/mol. The minimum absolute atomic E-state index is 0.925. The van der Waals surface area contributed by atoms with E-state index in [4.69, 9.17) is 0 Å². The van der Waals surface area contributed by atoms with Crippen molar-refractivity contribution in [3.63, 3.8) is 0 Å². The zero-order valence-corrected chi connectivity index (χ0v) is 11.9. The summed E-state index contributed by atoms with van der Waals surface area (Å²) in [5, 5.41) is 3.41. The summed E-state index contributed by atoms with van der Waals surface area (Å²) in [4.78, 5) is 0. The van der Waals surface area contributed by atoms with Gasteiger partial charge in [0.2, 0.25) is 0 Å². The van der Waals surface area contributed by atoms with Crippen molar-refractivity contribution in [3.05, 3.63) is 0 Å². The summed E-state index contributed by atoms with van der Waals surface area (Å²) in [6.07, 6.45) is 4.21. The van der Waals surface area contributed by atoms with Crippen LogP contribution in [0.5, 0.6) is 0 Å². The van der Waals surface area contributed by atoms with Gasteiger partial charge in [0.15, 0.2) is 0 Å². The van der Waals surface area contributed by atoms with Crippen molar-refractivity contribution < 1.29 is 0 Å². The summed E-state index contributed by atoms with van der Waals surface area (Å²) in [5.74, 6) is 4.70. The van der Waals surface area contributed by atoms with E-state index in [9.17, 15) is 0 Å². The molecule has 0 aromatic heterocycles. The Labute approximate surface area is 102 Å². The highest BCUT2D eigenvalue weighted by atomic mass is 14.8. The van der Waals surface area contributed by atoms with Gasteiger partial charge in [0.05, 0.1) is 0 Å². The van der Waals surface area contributed by atoms with Crippen molar-refractivity contribution in [2.45, 2.75) is 53.9 Å². The van der Waals surface area contributed by atoms with Crippen LogP contribution in [0, 0.1) is 29.6 Å². The van der Waals surface area contributed by atoms with Gasteiger partial charge in [0.25, 0.3) is 0 Å². The minimum Gasteiger partial charge on any atom is -0.317 e. The van der Waals surface area contributed by atoms with Crippen LogP contribution in [0.4, 0.5) is 0 Å². The molecule has 0 aromatic carbocycles. The maximum atomic E-state index is 3.41. The molecule has 0 radical (unpaired) electrons. The van der Waals surface area contributed by atoms with E-state index in [1.807, 2.05) is 0 Å². The lowest BCUT2D eigenvalue weighted by atomic mass is 9.85. The molecule has 0 heterocycles. The van der Waals surface area contributed by atoms with Crippen LogP contribution < -0.4 is 5.32 Å². The summed E-state index contributed by atoms with van der Waals surface area (Å²) >= 11 is 0.